The third-order valence-electron chi connectivity index (χ3n) is 8.18. The van der Waals surface area contributed by atoms with E-state index >= 15 is 0 Å². The topological polar surface area (TPSA) is 90.5 Å². The van der Waals surface area contributed by atoms with Crippen LogP contribution in [0.1, 0.15) is 87.0 Å². The van der Waals surface area contributed by atoms with Gasteiger partial charge in [0.05, 0.1) is 18.2 Å². The van der Waals surface area contributed by atoms with Crippen molar-refractivity contribution in [3.63, 3.8) is 0 Å². The monoisotopic (exact) mass is 591 g/mol. The minimum absolute atomic E-state index is 0.0316. The molecule has 0 aliphatic rings. The van der Waals surface area contributed by atoms with Crippen LogP contribution in [0.4, 0.5) is 0 Å². The van der Waals surface area contributed by atoms with E-state index in [1.165, 1.54) is 5.56 Å². The highest BCUT2D eigenvalue weighted by Crippen LogP contribution is 2.19. The van der Waals surface area contributed by atoms with Gasteiger partial charge in [-0.2, -0.15) is 0 Å². The minimum atomic E-state index is -0.849. The molecule has 6 heteroatoms. The van der Waals surface area contributed by atoms with Crippen molar-refractivity contribution in [1.29, 1.82) is 0 Å². The Labute approximate surface area is 261 Å². The molecular weight excluding hydrogens is 546 g/mol. The fourth-order valence-corrected chi connectivity index (χ4v) is 5.52. The number of rotatable bonds is 13. The summed E-state index contributed by atoms with van der Waals surface area (Å²) in [5.41, 5.74) is 7.18. The normalized spacial score (nSPS) is 13.9. The summed E-state index contributed by atoms with van der Waals surface area (Å²) in [6, 6.07) is 30.7. The van der Waals surface area contributed by atoms with Crippen LogP contribution in [-0.4, -0.2) is 35.6 Å². The van der Waals surface area contributed by atoms with Gasteiger partial charge in [-0.3, -0.25) is 9.59 Å². The molecule has 44 heavy (non-hydrogen) atoms. The molecule has 6 nitrogen and oxygen atoms in total. The van der Waals surface area contributed by atoms with Gasteiger partial charge in [-0.25, -0.2) is 0 Å². The van der Waals surface area contributed by atoms with Crippen LogP contribution in [-0.2, 0) is 12.8 Å². The highest BCUT2D eigenvalue weighted by Gasteiger charge is 2.24. The fraction of sp³-hybridized carbons (Fsp3) is 0.316. The number of aliphatic hydroxyl groups is 1. The second-order valence-electron chi connectivity index (χ2n) is 11.7. The van der Waals surface area contributed by atoms with E-state index in [4.69, 9.17) is 0 Å². The maximum Gasteiger partial charge on any atom is 0.251 e. The van der Waals surface area contributed by atoms with Crippen LogP contribution in [0.15, 0.2) is 97.1 Å². The van der Waals surface area contributed by atoms with Crippen molar-refractivity contribution in [2.75, 3.05) is 6.54 Å². The zero-order valence-corrected chi connectivity index (χ0v) is 26.4. The summed E-state index contributed by atoms with van der Waals surface area (Å²) >= 11 is 0. The molecule has 4 N–H and O–H groups in total. The number of carbonyl (C=O) groups excluding carboxylic acids is 2. The first-order chi connectivity index (χ1) is 21.1. The molecule has 0 spiro atoms. The number of nitrogens with one attached hydrogen (secondary N) is 3. The van der Waals surface area contributed by atoms with Gasteiger partial charge >= 0.3 is 0 Å². The smallest absolute Gasteiger partial charge is 0.251 e. The number of carbonyl (C=O) groups is 2. The van der Waals surface area contributed by atoms with Gasteiger partial charge in [0.1, 0.15) is 0 Å². The third-order valence-corrected chi connectivity index (χ3v) is 8.18. The van der Waals surface area contributed by atoms with Crippen LogP contribution < -0.4 is 16.0 Å². The summed E-state index contributed by atoms with van der Waals surface area (Å²) in [6.45, 7) is 10.3. The van der Waals surface area contributed by atoms with Crippen molar-refractivity contribution in [2.24, 2.45) is 0 Å². The Morgan fingerprint density at radius 1 is 0.727 bits per heavy atom. The minimum Gasteiger partial charge on any atom is -0.390 e. The quantitative estimate of drug-likeness (QED) is 0.145. The van der Waals surface area contributed by atoms with Gasteiger partial charge in [0.2, 0.25) is 0 Å². The van der Waals surface area contributed by atoms with E-state index < -0.39 is 12.1 Å². The van der Waals surface area contributed by atoms with E-state index in [1.807, 2.05) is 75.4 Å². The molecule has 4 aromatic carbocycles. The molecule has 2 unspecified atom stereocenters. The second-order valence-corrected chi connectivity index (χ2v) is 11.7. The van der Waals surface area contributed by atoms with E-state index in [2.05, 4.69) is 54.1 Å². The Bertz CT molecular complexity index is 1550. The average molecular weight is 592 g/mol. The van der Waals surface area contributed by atoms with E-state index in [1.54, 1.807) is 18.2 Å². The molecular formula is C38H45N3O3. The van der Waals surface area contributed by atoms with Crippen molar-refractivity contribution in [2.45, 2.75) is 71.7 Å². The van der Waals surface area contributed by atoms with Gasteiger partial charge in [-0.1, -0.05) is 85.8 Å². The summed E-state index contributed by atoms with van der Waals surface area (Å²) in [5.74, 6) is -0.580. The number of aryl methyl sites for hydroxylation is 3. The molecule has 0 saturated carbocycles. The van der Waals surface area contributed by atoms with Gasteiger partial charge in [0.15, 0.2) is 0 Å². The highest BCUT2D eigenvalue weighted by atomic mass is 16.3. The number of aliphatic hydroxyl groups excluding tert-OH is 1. The second kappa shape index (κ2) is 15.5. The number of hydrogen-bond donors (Lipinski definition) is 4. The SMILES string of the molecule is CCc1cccc(C(C)NC[C@@H](O)[C@H](Cc2ccccc2)NC(=O)c2cc(C)cc(C(=O)NC(C)c3ccccc3C)c2)c1. The number of hydrogen-bond acceptors (Lipinski definition) is 4. The maximum atomic E-state index is 13.6. The lowest BCUT2D eigenvalue weighted by Gasteiger charge is -2.26. The van der Waals surface area contributed by atoms with Gasteiger partial charge in [0, 0.05) is 23.7 Å². The Kier molecular flexibility index (Phi) is 11.5. The van der Waals surface area contributed by atoms with Gasteiger partial charge in [-0.05, 0) is 92.1 Å². The molecule has 230 valence electrons. The molecule has 0 bridgehead atoms. The van der Waals surface area contributed by atoms with E-state index in [-0.39, 0.29) is 23.9 Å². The maximum absolute atomic E-state index is 13.6. The van der Waals surface area contributed by atoms with Crippen LogP contribution in [0.25, 0.3) is 0 Å². The molecule has 0 heterocycles. The molecule has 0 saturated heterocycles. The van der Waals surface area contributed by atoms with Crippen LogP contribution >= 0.6 is 0 Å². The molecule has 0 aromatic heterocycles. The molecule has 4 atom stereocenters. The fourth-order valence-electron chi connectivity index (χ4n) is 5.52. The van der Waals surface area contributed by atoms with Gasteiger partial charge in [0.25, 0.3) is 11.8 Å². The summed E-state index contributed by atoms with van der Waals surface area (Å²) in [7, 11) is 0. The first-order valence-electron chi connectivity index (χ1n) is 15.5. The molecule has 0 fully saturated rings. The Balaban J connectivity index is 1.48. The molecule has 4 aromatic rings. The highest BCUT2D eigenvalue weighted by molar-refractivity contribution is 6.00. The van der Waals surface area contributed by atoms with Crippen molar-refractivity contribution < 1.29 is 14.7 Å². The zero-order chi connectivity index (χ0) is 31.6. The van der Waals surface area contributed by atoms with E-state index in [0.717, 1.165) is 34.2 Å². The summed E-state index contributed by atoms with van der Waals surface area (Å²) in [5, 5.41) is 20.9. The summed E-state index contributed by atoms with van der Waals surface area (Å²) in [6.07, 6.45) is 0.573. The first-order valence-corrected chi connectivity index (χ1v) is 15.5. The molecule has 0 aliphatic heterocycles. The molecule has 0 radical (unpaired) electrons. The van der Waals surface area contributed by atoms with Crippen molar-refractivity contribution in [3.8, 4) is 0 Å². The lowest BCUT2D eigenvalue weighted by Crippen LogP contribution is -2.49. The van der Waals surface area contributed by atoms with E-state index in [9.17, 15) is 14.7 Å². The lowest BCUT2D eigenvalue weighted by atomic mass is 9.98. The summed E-state index contributed by atoms with van der Waals surface area (Å²) in [4.78, 5) is 26.9. The lowest BCUT2D eigenvalue weighted by molar-refractivity contribution is 0.0825. The molecule has 2 amide bonds. The number of benzene rings is 4. The summed E-state index contributed by atoms with van der Waals surface area (Å²) < 4.78 is 0. The van der Waals surface area contributed by atoms with Crippen molar-refractivity contribution in [3.05, 3.63) is 142 Å². The van der Waals surface area contributed by atoms with Crippen LogP contribution in [0, 0.1) is 13.8 Å². The number of amides is 2. The Morgan fingerprint density at radius 3 is 2.05 bits per heavy atom. The van der Waals surface area contributed by atoms with Gasteiger partial charge in [-0.15, -0.1) is 0 Å². The molecule has 4 rings (SSSR count). The largest absolute Gasteiger partial charge is 0.390 e. The third kappa shape index (κ3) is 8.88. The van der Waals surface area contributed by atoms with Crippen LogP contribution in [0.2, 0.25) is 0 Å². The molecule has 0 aliphatic carbocycles. The van der Waals surface area contributed by atoms with Crippen molar-refractivity contribution in [1.82, 2.24) is 16.0 Å². The predicted molar refractivity (Wildman–Crippen MR) is 178 cm³/mol. The Hall–Kier alpha value is -4.26. The standard InChI is InChI=1S/C38H45N3O3/c1-6-29-16-12-17-31(21-29)27(4)39-24-36(42)35(22-30-14-8-7-9-15-30)41-38(44)33-20-25(2)19-32(23-33)37(43)40-28(5)34-18-11-10-13-26(34)3/h7-21,23,27-28,35-36,39,42H,6,22,24H2,1-5H3,(H,40,43)(H,41,44)/t27?,28?,35-,36+/m0/s1. The van der Waals surface area contributed by atoms with Gasteiger partial charge < -0.3 is 21.1 Å². The van der Waals surface area contributed by atoms with Crippen LogP contribution in [0.5, 0.6) is 0 Å². The van der Waals surface area contributed by atoms with E-state index in [0.29, 0.717) is 24.1 Å². The predicted octanol–water partition coefficient (Wildman–Crippen LogP) is 6.41. The first kappa shape index (κ1) is 32.6. The Morgan fingerprint density at radius 2 is 1.36 bits per heavy atom. The van der Waals surface area contributed by atoms with Crippen molar-refractivity contribution >= 4 is 11.8 Å². The average Bonchev–Trinajstić information content (AvgIpc) is 3.03. The zero-order valence-electron chi connectivity index (χ0n) is 26.4. The van der Waals surface area contributed by atoms with Crippen LogP contribution in [0.3, 0.4) is 0 Å².